The average molecular weight is 519 g/mol. The van der Waals surface area contributed by atoms with Crippen molar-refractivity contribution in [3.8, 4) is 11.5 Å². The lowest BCUT2D eigenvalue weighted by atomic mass is 10.2. The van der Waals surface area contributed by atoms with Gasteiger partial charge < -0.3 is 20.8 Å². The largest absolute Gasteiger partial charge is 0.508 e. The van der Waals surface area contributed by atoms with Crippen LogP contribution in [0.1, 0.15) is 35.6 Å². The van der Waals surface area contributed by atoms with Gasteiger partial charge in [0.25, 0.3) is 23.5 Å². The van der Waals surface area contributed by atoms with Crippen LogP contribution < -0.4 is 19.8 Å². The van der Waals surface area contributed by atoms with Gasteiger partial charge in [-0.05, 0) is 49.9 Å². The number of nitrogens with zero attached hydrogens (tertiary/aromatic N) is 2. The standard InChI is InChI=1S/C28H32N6O4/c1-19-7-9-21(15-23(19)35)31-27(37)17-33-13-11-29-25(33)5-3-4-6-26-30-12-14-34(26)18-28(38)32-22-10-8-20(2)24(36)16-22/h7-16H,3-6,17-18H2,1-2H3,(H4,31,32,35,36,37,38)/p+2. The Kier molecular flexibility index (Phi) is 8.42. The van der Waals surface area contributed by atoms with Gasteiger partial charge in [-0.2, -0.15) is 0 Å². The minimum atomic E-state index is -0.175. The molecule has 2 amide bonds. The predicted octanol–water partition coefficient (Wildman–Crippen LogP) is 2.79. The van der Waals surface area contributed by atoms with E-state index in [0.717, 1.165) is 48.5 Å². The topological polar surface area (TPSA) is 138 Å². The van der Waals surface area contributed by atoms with Crippen LogP contribution in [-0.4, -0.2) is 32.0 Å². The highest BCUT2D eigenvalue weighted by atomic mass is 16.3. The van der Waals surface area contributed by atoms with E-state index in [4.69, 9.17) is 0 Å². The molecule has 0 aliphatic rings. The number of imidazole rings is 2. The summed E-state index contributed by atoms with van der Waals surface area (Å²) in [7, 11) is 0. The van der Waals surface area contributed by atoms with Crippen molar-refractivity contribution in [2.75, 3.05) is 10.6 Å². The van der Waals surface area contributed by atoms with Crippen LogP contribution in [0.5, 0.6) is 11.5 Å². The van der Waals surface area contributed by atoms with Gasteiger partial charge >= 0.3 is 0 Å². The lowest BCUT2D eigenvalue weighted by Crippen LogP contribution is -2.42. The van der Waals surface area contributed by atoms with E-state index in [0.29, 0.717) is 11.4 Å². The van der Waals surface area contributed by atoms with E-state index in [1.54, 1.807) is 50.2 Å². The summed E-state index contributed by atoms with van der Waals surface area (Å²) in [4.78, 5) is 31.4. The molecule has 2 heterocycles. The molecule has 0 atom stereocenters. The number of phenolic OH excluding ortho intramolecular Hbond substituents is 2. The number of hydrogen-bond donors (Lipinski definition) is 6. The van der Waals surface area contributed by atoms with Crippen LogP contribution in [0.25, 0.3) is 0 Å². The minimum absolute atomic E-state index is 0.147. The number of amides is 2. The number of H-pyrrole nitrogens is 2. The maximum absolute atomic E-state index is 12.5. The van der Waals surface area contributed by atoms with E-state index in [2.05, 4.69) is 20.6 Å². The Bertz CT molecular complexity index is 1320. The molecule has 2 aromatic carbocycles. The highest BCUT2D eigenvalue weighted by Crippen LogP contribution is 2.21. The highest BCUT2D eigenvalue weighted by Gasteiger charge is 2.17. The number of nitrogens with one attached hydrogen (secondary N) is 4. The van der Waals surface area contributed by atoms with Gasteiger partial charge in [0.05, 0.1) is 0 Å². The first-order chi connectivity index (χ1) is 18.3. The molecular formula is C28H34N6O4+2. The number of aromatic nitrogens is 4. The van der Waals surface area contributed by atoms with Crippen molar-refractivity contribution in [2.45, 2.75) is 52.6 Å². The number of carbonyl (C=O) groups excluding carboxylic acids is 2. The SMILES string of the molecule is Cc1ccc(NC(=O)C[n+]2cc[nH]c2CCCCc2[nH]cc[n+]2CC(=O)Nc2ccc(C)c(O)c2)cc1O. The molecule has 0 fully saturated rings. The predicted molar refractivity (Wildman–Crippen MR) is 142 cm³/mol. The third-order valence-electron chi connectivity index (χ3n) is 6.39. The zero-order chi connectivity index (χ0) is 27.1. The van der Waals surface area contributed by atoms with Crippen LogP contribution in [0.2, 0.25) is 0 Å². The zero-order valence-electron chi connectivity index (χ0n) is 21.6. The Morgan fingerprint density at radius 3 is 1.55 bits per heavy atom. The van der Waals surface area contributed by atoms with Gasteiger partial charge in [0, 0.05) is 36.3 Å². The van der Waals surface area contributed by atoms with E-state index in [1.807, 2.05) is 33.9 Å². The van der Waals surface area contributed by atoms with Crippen LogP contribution >= 0.6 is 0 Å². The van der Waals surface area contributed by atoms with Gasteiger partial charge in [0.1, 0.15) is 36.3 Å². The number of unbranched alkanes of at least 4 members (excludes halogenated alkanes) is 1. The number of aromatic amines is 2. The Labute approximate surface area is 221 Å². The molecule has 0 unspecified atom stereocenters. The van der Waals surface area contributed by atoms with Crippen molar-refractivity contribution in [1.29, 1.82) is 0 Å². The van der Waals surface area contributed by atoms with Gasteiger partial charge in [-0.3, -0.25) is 9.59 Å². The fourth-order valence-electron chi connectivity index (χ4n) is 4.19. The summed E-state index contributed by atoms with van der Waals surface area (Å²) in [6.07, 6.45) is 10.6. The number of rotatable bonds is 11. The molecule has 198 valence electrons. The first kappa shape index (κ1) is 26.5. The minimum Gasteiger partial charge on any atom is -0.508 e. The monoisotopic (exact) mass is 518 g/mol. The van der Waals surface area contributed by atoms with Crippen LogP contribution in [-0.2, 0) is 35.5 Å². The van der Waals surface area contributed by atoms with Crippen LogP contribution in [0.4, 0.5) is 11.4 Å². The van der Waals surface area contributed by atoms with Gasteiger partial charge in [-0.15, -0.1) is 0 Å². The number of carbonyl (C=O) groups is 2. The third-order valence-corrected chi connectivity index (χ3v) is 6.39. The maximum atomic E-state index is 12.5. The van der Waals surface area contributed by atoms with Crippen molar-refractivity contribution in [1.82, 2.24) is 9.97 Å². The molecule has 0 aliphatic heterocycles. The first-order valence-electron chi connectivity index (χ1n) is 12.6. The van der Waals surface area contributed by atoms with Crippen molar-refractivity contribution in [2.24, 2.45) is 0 Å². The summed E-state index contributed by atoms with van der Waals surface area (Å²) >= 11 is 0. The first-order valence-corrected chi connectivity index (χ1v) is 12.6. The van der Waals surface area contributed by atoms with Crippen LogP contribution in [0.15, 0.2) is 61.2 Å². The van der Waals surface area contributed by atoms with Crippen LogP contribution in [0.3, 0.4) is 0 Å². The Morgan fingerprint density at radius 2 is 1.16 bits per heavy atom. The van der Waals surface area contributed by atoms with Crippen molar-refractivity contribution in [3.05, 3.63) is 84.0 Å². The van der Waals surface area contributed by atoms with E-state index in [-0.39, 0.29) is 36.4 Å². The number of anilines is 2. The van der Waals surface area contributed by atoms with Crippen molar-refractivity contribution in [3.63, 3.8) is 0 Å². The summed E-state index contributed by atoms with van der Waals surface area (Å²) in [5.41, 5.74) is 2.62. The molecule has 10 nitrogen and oxygen atoms in total. The molecule has 0 aliphatic carbocycles. The average Bonchev–Trinajstić information content (AvgIpc) is 3.50. The fourth-order valence-corrected chi connectivity index (χ4v) is 4.19. The molecule has 0 saturated heterocycles. The van der Waals surface area contributed by atoms with Crippen LogP contribution in [0, 0.1) is 13.8 Å². The number of benzene rings is 2. The lowest BCUT2D eigenvalue weighted by Gasteiger charge is -2.07. The quantitative estimate of drug-likeness (QED) is 0.134. The highest BCUT2D eigenvalue weighted by molar-refractivity contribution is 5.90. The summed E-state index contributed by atoms with van der Waals surface area (Å²) in [5, 5.41) is 25.3. The molecule has 6 N–H and O–H groups in total. The second kappa shape index (κ2) is 12.1. The second-order valence-corrected chi connectivity index (χ2v) is 9.38. The second-order valence-electron chi connectivity index (χ2n) is 9.38. The van der Waals surface area contributed by atoms with Crippen molar-refractivity contribution >= 4 is 23.2 Å². The molecule has 0 saturated carbocycles. The van der Waals surface area contributed by atoms with E-state index < -0.39 is 0 Å². The molecule has 4 aromatic rings. The van der Waals surface area contributed by atoms with E-state index in [9.17, 15) is 19.8 Å². The van der Waals surface area contributed by atoms with Gasteiger partial charge in [0.15, 0.2) is 13.1 Å². The van der Waals surface area contributed by atoms with E-state index in [1.165, 1.54) is 0 Å². The van der Waals surface area contributed by atoms with Gasteiger partial charge in [-0.25, -0.2) is 19.1 Å². The smallest absolute Gasteiger partial charge is 0.266 e. The Hall–Kier alpha value is -4.60. The van der Waals surface area contributed by atoms with Gasteiger partial charge in [0.2, 0.25) is 0 Å². The fraction of sp³-hybridized carbons (Fsp3) is 0.286. The molecule has 10 heteroatoms. The lowest BCUT2D eigenvalue weighted by molar-refractivity contribution is -0.690. The third kappa shape index (κ3) is 7.00. The number of aromatic hydroxyl groups is 2. The summed E-state index contributed by atoms with van der Waals surface area (Å²) in [6.45, 7) is 3.93. The molecule has 4 rings (SSSR count). The van der Waals surface area contributed by atoms with E-state index >= 15 is 0 Å². The number of aryl methyl sites for hydroxylation is 4. The summed E-state index contributed by atoms with van der Waals surface area (Å²) in [6, 6.07) is 10.1. The normalized spacial score (nSPS) is 10.9. The molecule has 0 spiro atoms. The van der Waals surface area contributed by atoms with Crippen molar-refractivity contribution < 1.29 is 28.9 Å². The molecule has 2 aromatic heterocycles. The number of phenols is 2. The Morgan fingerprint density at radius 1 is 0.737 bits per heavy atom. The summed E-state index contributed by atoms with van der Waals surface area (Å²) in [5.74, 6) is 1.84. The maximum Gasteiger partial charge on any atom is 0.266 e. The number of hydrogen-bond acceptors (Lipinski definition) is 4. The molecule has 0 bridgehead atoms. The zero-order valence-corrected chi connectivity index (χ0v) is 21.6. The molecule has 0 radical (unpaired) electrons. The Balaban J connectivity index is 1.23. The molecule has 38 heavy (non-hydrogen) atoms. The molecular weight excluding hydrogens is 484 g/mol. The summed E-state index contributed by atoms with van der Waals surface area (Å²) < 4.78 is 3.76. The van der Waals surface area contributed by atoms with Gasteiger partial charge in [-0.1, -0.05) is 12.1 Å².